The van der Waals surface area contributed by atoms with Crippen molar-refractivity contribution in [1.29, 1.82) is 0 Å². The number of methoxy groups -OCH3 is 3. The minimum Gasteiger partial charge on any atom is -0.493 e. The zero-order valence-electron chi connectivity index (χ0n) is 17.5. The number of hydrogen-bond acceptors (Lipinski definition) is 7. The third-order valence-electron chi connectivity index (χ3n) is 4.81. The van der Waals surface area contributed by atoms with E-state index in [0.717, 1.165) is 37.1 Å². The molecule has 28 heavy (non-hydrogen) atoms. The van der Waals surface area contributed by atoms with Crippen molar-refractivity contribution in [3.63, 3.8) is 0 Å². The van der Waals surface area contributed by atoms with Crippen molar-refractivity contribution in [3.8, 4) is 17.2 Å². The molecule has 1 aromatic carbocycles. The summed E-state index contributed by atoms with van der Waals surface area (Å²) in [6, 6.07) is 3.89. The van der Waals surface area contributed by atoms with Gasteiger partial charge in [-0.1, -0.05) is 13.3 Å². The minimum atomic E-state index is -0.229. The minimum absolute atomic E-state index is 0.00968. The standard InChI is InChI=1S/C20H33N5O3/c1-6-7-8-22-17(25-18-13(2)23-12-24-20(18)21)11-14-9-15(26-3)19(28-5)16(10-14)27-4/h9-10,12,17-18,20,22,25H,6-8,11,21H2,1-5H3/p+1. The average Bonchev–Trinajstić information content (AvgIpc) is 2.69. The highest BCUT2D eigenvalue weighted by atomic mass is 16.5. The molecule has 8 nitrogen and oxygen atoms in total. The van der Waals surface area contributed by atoms with Crippen LogP contribution in [0.5, 0.6) is 17.2 Å². The van der Waals surface area contributed by atoms with Gasteiger partial charge in [-0.2, -0.15) is 0 Å². The number of unbranched alkanes of at least 4 members (excludes halogenated alkanes) is 1. The van der Waals surface area contributed by atoms with Gasteiger partial charge in [-0.15, -0.1) is 0 Å². The number of ether oxygens (including phenoxy) is 3. The van der Waals surface area contributed by atoms with E-state index in [1.807, 2.05) is 19.1 Å². The number of hydrogen-bond donors (Lipinski definition) is 4. The van der Waals surface area contributed by atoms with Crippen LogP contribution in [-0.2, 0) is 6.42 Å². The van der Waals surface area contributed by atoms with Crippen LogP contribution in [0.15, 0.2) is 12.1 Å². The number of nitrogens with zero attached hydrogens (tertiary/aromatic N) is 1. The van der Waals surface area contributed by atoms with E-state index in [2.05, 4.69) is 27.5 Å². The van der Waals surface area contributed by atoms with Gasteiger partial charge in [0.15, 0.2) is 23.4 Å². The zero-order valence-corrected chi connectivity index (χ0v) is 17.5. The molecule has 0 radical (unpaired) electrons. The number of nitrogens with two attached hydrogens (primary N) is 1. The van der Waals surface area contributed by atoms with Crippen LogP contribution in [0, 0.1) is 0 Å². The van der Waals surface area contributed by atoms with Crippen molar-refractivity contribution >= 4 is 12.1 Å². The lowest BCUT2D eigenvalue weighted by Crippen LogP contribution is -2.63. The summed E-state index contributed by atoms with van der Waals surface area (Å²) in [6.45, 7) is 5.07. The van der Waals surface area contributed by atoms with Gasteiger partial charge < -0.3 is 19.5 Å². The highest BCUT2D eigenvalue weighted by Gasteiger charge is 2.31. The van der Waals surface area contributed by atoms with Gasteiger partial charge in [0.25, 0.3) is 0 Å². The molecule has 1 aromatic rings. The van der Waals surface area contributed by atoms with Crippen molar-refractivity contribution in [2.75, 3.05) is 27.9 Å². The Kier molecular flexibility index (Phi) is 8.60. The van der Waals surface area contributed by atoms with Gasteiger partial charge in [-0.3, -0.25) is 11.1 Å². The van der Waals surface area contributed by atoms with Gasteiger partial charge in [0.05, 0.1) is 27.5 Å². The Labute approximate surface area is 167 Å². The maximum atomic E-state index is 6.23. The van der Waals surface area contributed by atoms with Crippen LogP contribution in [0.2, 0.25) is 0 Å². The fourth-order valence-electron chi connectivity index (χ4n) is 3.23. The molecular formula is C20H34N5O3+. The van der Waals surface area contributed by atoms with E-state index >= 15 is 0 Å². The predicted octanol–water partition coefficient (Wildman–Crippen LogP) is 0.373. The van der Waals surface area contributed by atoms with Gasteiger partial charge in [0, 0.05) is 13.3 Å². The van der Waals surface area contributed by atoms with Crippen LogP contribution in [0.1, 0.15) is 32.3 Å². The van der Waals surface area contributed by atoms with E-state index in [1.165, 1.54) is 0 Å². The Balaban J connectivity index is 2.23. The van der Waals surface area contributed by atoms with E-state index < -0.39 is 0 Å². The summed E-state index contributed by atoms with van der Waals surface area (Å²) in [7, 11) is 4.85. The highest BCUT2D eigenvalue weighted by Crippen LogP contribution is 2.38. The second-order valence-corrected chi connectivity index (χ2v) is 6.83. The van der Waals surface area contributed by atoms with E-state index in [1.54, 1.807) is 27.7 Å². The Morgan fingerprint density at radius 1 is 1.18 bits per heavy atom. The Bertz CT molecular complexity index is 678. The van der Waals surface area contributed by atoms with Crippen molar-refractivity contribution in [2.24, 2.45) is 5.73 Å². The van der Waals surface area contributed by atoms with Crippen LogP contribution in [0.4, 0.5) is 0 Å². The molecular weight excluding hydrogens is 358 g/mol. The second-order valence-electron chi connectivity index (χ2n) is 6.83. The zero-order chi connectivity index (χ0) is 20.5. The third-order valence-corrected chi connectivity index (χ3v) is 4.81. The van der Waals surface area contributed by atoms with Crippen LogP contribution in [0.3, 0.4) is 0 Å². The summed E-state index contributed by atoms with van der Waals surface area (Å²) in [5.41, 5.74) is 8.25. The maximum Gasteiger partial charge on any atom is 0.332 e. The van der Waals surface area contributed by atoms with Gasteiger partial charge in [0.1, 0.15) is 6.04 Å². The Morgan fingerprint density at radius 2 is 1.86 bits per heavy atom. The molecule has 8 heteroatoms. The van der Waals surface area contributed by atoms with Crippen molar-refractivity contribution in [1.82, 2.24) is 20.6 Å². The number of nitrogens with one attached hydrogen (secondary N) is 3. The Morgan fingerprint density at radius 3 is 2.39 bits per heavy atom. The van der Waals surface area contributed by atoms with Crippen LogP contribution >= 0.6 is 0 Å². The molecule has 1 aliphatic heterocycles. The van der Waals surface area contributed by atoms with E-state index in [9.17, 15) is 0 Å². The second kappa shape index (κ2) is 10.9. The normalized spacial score (nSPS) is 19.6. The lowest BCUT2D eigenvalue weighted by Gasteiger charge is -2.28. The lowest BCUT2D eigenvalue weighted by atomic mass is 10.0. The Hall–Kier alpha value is -2.25. The smallest absolute Gasteiger partial charge is 0.332 e. The highest BCUT2D eigenvalue weighted by molar-refractivity contribution is 5.90. The summed E-state index contributed by atoms with van der Waals surface area (Å²) in [5, 5.41) is 10.3. The molecule has 0 saturated carbocycles. The SMILES string of the molecule is CCCCNC(Cc1cc(OC)c(OC)c(OC)c1)NC1C(C)=[N+]=CNC1N. The average molecular weight is 393 g/mol. The molecule has 0 fully saturated rings. The van der Waals surface area contributed by atoms with Crippen LogP contribution in [-0.4, -0.2) is 58.3 Å². The summed E-state index contributed by atoms with van der Waals surface area (Å²) < 4.78 is 20.7. The number of rotatable bonds is 11. The van der Waals surface area contributed by atoms with Crippen LogP contribution in [0.25, 0.3) is 0 Å². The first kappa shape index (κ1) is 22.0. The molecule has 0 amide bonds. The first-order chi connectivity index (χ1) is 13.5. The van der Waals surface area contributed by atoms with Crippen LogP contribution < -0.4 is 40.6 Å². The molecule has 156 valence electrons. The summed E-state index contributed by atoms with van der Waals surface area (Å²) in [4.78, 5) is 0. The van der Waals surface area contributed by atoms with Crippen molar-refractivity contribution in [3.05, 3.63) is 17.7 Å². The number of benzene rings is 1. The fraction of sp³-hybridized carbons (Fsp3) is 0.600. The predicted molar refractivity (Wildman–Crippen MR) is 113 cm³/mol. The van der Waals surface area contributed by atoms with Gasteiger partial charge >= 0.3 is 6.34 Å². The molecule has 5 N–H and O–H groups in total. The van der Waals surface area contributed by atoms with E-state index in [0.29, 0.717) is 17.2 Å². The lowest BCUT2D eigenvalue weighted by molar-refractivity contribution is 0.322. The van der Waals surface area contributed by atoms with E-state index in [-0.39, 0.29) is 18.4 Å². The topological polar surface area (TPSA) is 104 Å². The monoisotopic (exact) mass is 392 g/mol. The van der Waals surface area contributed by atoms with Crippen molar-refractivity contribution in [2.45, 2.75) is 51.5 Å². The summed E-state index contributed by atoms with van der Waals surface area (Å²) in [5.74, 6) is 1.88. The first-order valence-electron chi connectivity index (χ1n) is 9.69. The largest absolute Gasteiger partial charge is 0.493 e. The van der Waals surface area contributed by atoms with E-state index in [4.69, 9.17) is 19.9 Å². The quantitative estimate of drug-likeness (QED) is 0.245. The molecule has 3 atom stereocenters. The third kappa shape index (κ3) is 5.62. The molecule has 0 spiro atoms. The molecule has 0 bridgehead atoms. The van der Waals surface area contributed by atoms with Gasteiger partial charge in [-0.25, -0.2) is 9.98 Å². The molecule has 3 unspecified atom stereocenters. The first-order valence-corrected chi connectivity index (χ1v) is 9.69. The van der Waals surface area contributed by atoms with Gasteiger partial charge in [0.2, 0.25) is 5.75 Å². The molecule has 0 aliphatic carbocycles. The molecule has 0 aromatic heterocycles. The van der Waals surface area contributed by atoms with Crippen molar-refractivity contribution < 1.29 is 14.2 Å². The molecule has 1 heterocycles. The molecule has 2 rings (SSSR count). The van der Waals surface area contributed by atoms with Gasteiger partial charge in [-0.05, 0) is 30.7 Å². The maximum absolute atomic E-state index is 6.23. The molecule has 0 saturated heterocycles. The molecule has 1 aliphatic rings. The summed E-state index contributed by atoms with van der Waals surface area (Å²) in [6.07, 6.45) is 4.38. The fourth-order valence-corrected chi connectivity index (χ4v) is 3.23. The summed E-state index contributed by atoms with van der Waals surface area (Å²) >= 11 is 0.